The Hall–Kier alpha value is -0.580. The maximum Gasteiger partial charge on any atom is 0.329 e. The smallest absolute Gasteiger partial charge is 0.329 e. The molecule has 0 aromatic carbocycles. The molecule has 1 aromatic rings. The van der Waals surface area contributed by atoms with E-state index < -0.39 is 5.97 Å². The van der Waals surface area contributed by atoms with E-state index >= 15 is 0 Å². The first kappa shape index (κ1) is 11.5. The molecular weight excluding hydrogens is 224 g/mol. The van der Waals surface area contributed by atoms with Crippen LogP contribution in [0.3, 0.4) is 0 Å². The predicted octanol–water partition coefficient (Wildman–Crippen LogP) is 2.35. The first-order chi connectivity index (χ1) is 6.59. The Kier molecular flexibility index (Phi) is 4.38. The van der Waals surface area contributed by atoms with E-state index in [1.165, 1.54) is 11.3 Å². The second kappa shape index (κ2) is 5.34. The van der Waals surface area contributed by atoms with Gasteiger partial charge in [-0.3, -0.25) is 0 Å². The summed E-state index contributed by atoms with van der Waals surface area (Å²) in [5, 5.41) is 8.32. The van der Waals surface area contributed by atoms with Crippen LogP contribution in [0.1, 0.15) is 10.4 Å². The van der Waals surface area contributed by atoms with Gasteiger partial charge < -0.3 is 9.84 Å². The Morgan fingerprint density at radius 2 is 2.43 bits per heavy atom. The van der Waals surface area contributed by atoms with Crippen LogP contribution in [0.5, 0.6) is 0 Å². The largest absolute Gasteiger partial charge is 0.480 e. The third kappa shape index (κ3) is 3.65. The minimum Gasteiger partial charge on any atom is -0.480 e. The van der Waals surface area contributed by atoms with Crippen LogP contribution in [-0.4, -0.2) is 24.3 Å². The fraction of sp³-hybridized carbons (Fsp3) is 0.444. The monoisotopic (exact) mass is 234 g/mol. The van der Waals surface area contributed by atoms with Crippen molar-refractivity contribution < 1.29 is 14.6 Å². The third-order valence-corrected chi connectivity index (χ3v) is 3.24. The zero-order valence-corrected chi connectivity index (χ0v) is 9.32. The van der Waals surface area contributed by atoms with Gasteiger partial charge in [-0.05, 0) is 18.6 Å². The lowest BCUT2D eigenvalue weighted by atomic mass is 10.3. The van der Waals surface area contributed by atoms with Crippen LogP contribution >= 0.6 is 22.9 Å². The zero-order chi connectivity index (χ0) is 10.6. The minimum atomic E-state index is -0.939. The third-order valence-electron chi connectivity index (χ3n) is 1.63. The van der Waals surface area contributed by atoms with Crippen molar-refractivity contribution >= 4 is 28.9 Å². The van der Waals surface area contributed by atoms with Gasteiger partial charge in [-0.25, -0.2) is 4.79 Å². The van der Waals surface area contributed by atoms with Crippen molar-refractivity contribution in [3.05, 3.63) is 20.8 Å². The zero-order valence-electron chi connectivity index (χ0n) is 7.75. The average Bonchev–Trinajstić information content (AvgIpc) is 2.40. The van der Waals surface area contributed by atoms with Gasteiger partial charge in [0.15, 0.2) is 0 Å². The van der Waals surface area contributed by atoms with Crippen molar-refractivity contribution in [3.8, 4) is 0 Å². The van der Waals surface area contributed by atoms with Gasteiger partial charge in [-0.2, -0.15) is 0 Å². The summed E-state index contributed by atoms with van der Waals surface area (Å²) in [4.78, 5) is 11.2. The molecule has 0 radical (unpaired) electrons. The van der Waals surface area contributed by atoms with E-state index in [1.807, 2.05) is 13.0 Å². The van der Waals surface area contributed by atoms with Gasteiger partial charge in [0.1, 0.15) is 6.61 Å². The van der Waals surface area contributed by atoms with Crippen LogP contribution in [0, 0.1) is 6.92 Å². The van der Waals surface area contributed by atoms with Crippen LogP contribution in [-0.2, 0) is 16.0 Å². The minimum absolute atomic E-state index is 0.238. The predicted molar refractivity (Wildman–Crippen MR) is 56.2 cm³/mol. The molecule has 0 fully saturated rings. The van der Waals surface area contributed by atoms with E-state index in [0.717, 1.165) is 14.8 Å². The summed E-state index contributed by atoms with van der Waals surface area (Å²) in [6.45, 7) is 2.13. The lowest BCUT2D eigenvalue weighted by Gasteiger charge is -1.98. The van der Waals surface area contributed by atoms with Gasteiger partial charge in [-0.15, -0.1) is 11.3 Å². The lowest BCUT2D eigenvalue weighted by molar-refractivity contribution is -0.142. The van der Waals surface area contributed by atoms with Crippen LogP contribution < -0.4 is 0 Å². The molecule has 0 aliphatic rings. The normalized spacial score (nSPS) is 10.4. The second-order valence-electron chi connectivity index (χ2n) is 2.87. The average molecular weight is 235 g/mol. The highest BCUT2D eigenvalue weighted by Gasteiger charge is 2.03. The van der Waals surface area contributed by atoms with Gasteiger partial charge in [0, 0.05) is 11.3 Å². The number of hydrogen-bond acceptors (Lipinski definition) is 3. The van der Waals surface area contributed by atoms with E-state index in [1.54, 1.807) is 0 Å². The molecule has 0 bridgehead atoms. The molecule has 0 aliphatic carbocycles. The molecule has 78 valence electrons. The van der Waals surface area contributed by atoms with E-state index in [4.69, 9.17) is 21.4 Å². The van der Waals surface area contributed by atoms with Crippen molar-refractivity contribution in [2.24, 2.45) is 0 Å². The standard InChI is InChI=1S/C9H11ClO3S/c1-6-4-7(14-9(6)10)2-3-13-5-8(11)12/h4H,2-3,5H2,1H3,(H,11,12). The van der Waals surface area contributed by atoms with Gasteiger partial charge in [0.25, 0.3) is 0 Å². The van der Waals surface area contributed by atoms with Crippen molar-refractivity contribution in [1.82, 2.24) is 0 Å². The highest BCUT2D eigenvalue weighted by molar-refractivity contribution is 7.16. The van der Waals surface area contributed by atoms with Crippen molar-refractivity contribution in [3.63, 3.8) is 0 Å². The number of ether oxygens (including phenoxy) is 1. The second-order valence-corrected chi connectivity index (χ2v) is 4.60. The van der Waals surface area contributed by atoms with Crippen LogP contribution in [0.25, 0.3) is 0 Å². The van der Waals surface area contributed by atoms with Gasteiger partial charge in [0.2, 0.25) is 0 Å². The number of carboxylic acid groups (broad SMARTS) is 1. The number of carbonyl (C=O) groups is 1. The molecule has 0 unspecified atom stereocenters. The Labute approximate surface area is 91.3 Å². The summed E-state index contributed by atoms with van der Waals surface area (Å²) in [6, 6.07) is 2.00. The van der Waals surface area contributed by atoms with Gasteiger partial charge >= 0.3 is 5.97 Å². The summed E-state index contributed by atoms with van der Waals surface area (Å²) < 4.78 is 5.70. The number of rotatable bonds is 5. The topological polar surface area (TPSA) is 46.5 Å². The Balaban J connectivity index is 2.28. The first-order valence-electron chi connectivity index (χ1n) is 4.14. The molecule has 14 heavy (non-hydrogen) atoms. The molecule has 1 N–H and O–H groups in total. The van der Waals surface area contributed by atoms with Gasteiger partial charge in [0.05, 0.1) is 10.9 Å². The Bertz CT molecular complexity index is 302. The summed E-state index contributed by atoms with van der Waals surface area (Å²) in [6.07, 6.45) is 0.714. The van der Waals surface area contributed by atoms with Crippen LogP contribution in [0.4, 0.5) is 0 Å². The number of aryl methyl sites for hydroxylation is 1. The van der Waals surface area contributed by atoms with E-state index in [-0.39, 0.29) is 6.61 Å². The molecular formula is C9H11ClO3S. The highest BCUT2D eigenvalue weighted by atomic mass is 35.5. The molecule has 0 aliphatic heterocycles. The number of carboxylic acids is 1. The maximum atomic E-state index is 10.1. The molecule has 1 rings (SSSR count). The molecule has 0 saturated heterocycles. The molecule has 3 nitrogen and oxygen atoms in total. The molecule has 0 spiro atoms. The number of hydrogen-bond donors (Lipinski definition) is 1. The van der Waals surface area contributed by atoms with Crippen molar-refractivity contribution in [2.75, 3.05) is 13.2 Å². The molecule has 5 heteroatoms. The number of aliphatic carboxylic acids is 1. The van der Waals surface area contributed by atoms with Crippen LogP contribution in [0.15, 0.2) is 6.07 Å². The summed E-state index contributed by atoms with van der Waals surface area (Å²) >= 11 is 7.39. The first-order valence-corrected chi connectivity index (χ1v) is 5.33. The lowest BCUT2D eigenvalue weighted by Crippen LogP contribution is -2.08. The summed E-state index contributed by atoms with van der Waals surface area (Å²) in [5.74, 6) is -0.939. The quantitative estimate of drug-likeness (QED) is 0.796. The number of thiophene rings is 1. The fourth-order valence-electron chi connectivity index (χ4n) is 0.979. The molecule has 1 heterocycles. The fourth-order valence-corrected chi connectivity index (χ4v) is 2.20. The maximum absolute atomic E-state index is 10.1. The molecule has 0 saturated carbocycles. The highest BCUT2D eigenvalue weighted by Crippen LogP contribution is 2.26. The summed E-state index contributed by atoms with van der Waals surface area (Å²) in [5.41, 5.74) is 1.06. The van der Waals surface area contributed by atoms with E-state index in [9.17, 15) is 4.79 Å². The SMILES string of the molecule is Cc1cc(CCOCC(=O)O)sc1Cl. The van der Waals surface area contributed by atoms with E-state index in [0.29, 0.717) is 13.0 Å². The van der Waals surface area contributed by atoms with E-state index in [2.05, 4.69) is 0 Å². The molecule has 1 aromatic heterocycles. The number of halogens is 1. The van der Waals surface area contributed by atoms with Crippen LogP contribution in [0.2, 0.25) is 4.34 Å². The molecule has 0 atom stereocenters. The molecule has 0 amide bonds. The van der Waals surface area contributed by atoms with Crippen molar-refractivity contribution in [2.45, 2.75) is 13.3 Å². The van der Waals surface area contributed by atoms with Gasteiger partial charge in [-0.1, -0.05) is 11.6 Å². The Morgan fingerprint density at radius 1 is 1.71 bits per heavy atom. The summed E-state index contributed by atoms with van der Waals surface area (Å²) in [7, 11) is 0. The Morgan fingerprint density at radius 3 is 2.93 bits per heavy atom. The van der Waals surface area contributed by atoms with Crippen molar-refractivity contribution in [1.29, 1.82) is 0 Å².